The van der Waals surface area contributed by atoms with Crippen LogP contribution in [0.2, 0.25) is 0 Å². The minimum Gasteiger partial charge on any atom is -0.329 e. The van der Waals surface area contributed by atoms with Gasteiger partial charge in [-0.05, 0) is 37.9 Å². The molecule has 0 spiro atoms. The molecule has 0 amide bonds. The summed E-state index contributed by atoms with van der Waals surface area (Å²) in [7, 11) is 1.45. The molecule has 0 bridgehead atoms. The standard InChI is InChI=1S/C22H28N8O2S2/c1-14-8-19(33-22(14)34(31,32)28(2)3)27-20-21-24-11-18(16-10-25-29(4)12-16)30(21)13-17(26-20)15-6-5-7-23-9-15/h8,10-13,15,23H,5-7,9H2,1-4H3,(H,26,27)/t15-/m0/s1. The van der Waals surface area contributed by atoms with Gasteiger partial charge in [0.1, 0.15) is 4.21 Å². The van der Waals surface area contributed by atoms with Crippen molar-refractivity contribution in [1.82, 2.24) is 33.8 Å². The van der Waals surface area contributed by atoms with Crippen LogP contribution in [-0.4, -0.2) is 64.1 Å². The number of sulfonamides is 1. The summed E-state index contributed by atoms with van der Waals surface area (Å²) >= 11 is 1.20. The molecule has 1 fully saturated rings. The van der Waals surface area contributed by atoms with Crippen LogP contribution < -0.4 is 10.6 Å². The Morgan fingerprint density at radius 1 is 1.26 bits per heavy atom. The van der Waals surface area contributed by atoms with E-state index in [9.17, 15) is 8.42 Å². The van der Waals surface area contributed by atoms with Crippen LogP contribution in [-0.2, 0) is 17.1 Å². The molecule has 0 unspecified atom stereocenters. The maximum absolute atomic E-state index is 12.7. The smallest absolute Gasteiger partial charge is 0.252 e. The normalized spacial score (nSPS) is 17.0. The lowest BCUT2D eigenvalue weighted by Crippen LogP contribution is -2.29. The van der Waals surface area contributed by atoms with Gasteiger partial charge in [0, 0.05) is 51.6 Å². The summed E-state index contributed by atoms with van der Waals surface area (Å²) in [6.07, 6.45) is 9.83. The zero-order valence-electron chi connectivity index (χ0n) is 19.6. The number of rotatable bonds is 6. The number of imidazole rings is 1. The summed E-state index contributed by atoms with van der Waals surface area (Å²) in [6, 6.07) is 1.85. The van der Waals surface area contributed by atoms with Crippen LogP contribution in [0.5, 0.6) is 0 Å². The molecule has 0 saturated carbocycles. The number of aromatic nitrogens is 5. The van der Waals surface area contributed by atoms with Crippen LogP contribution in [0, 0.1) is 6.92 Å². The average Bonchev–Trinajstić information content (AvgIpc) is 3.52. The fourth-order valence-electron chi connectivity index (χ4n) is 4.22. The molecule has 5 heterocycles. The van der Waals surface area contributed by atoms with E-state index < -0.39 is 10.0 Å². The van der Waals surface area contributed by atoms with Gasteiger partial charge in [-0.25, -0.2) is 22.7 Å². The molecule has 4 aromatic heterocycles. The summed E-state index contributed by atoms with van der Waals surface area (Å²) in [5.41, 5.74) is 4.24. The predicted molar refractivity (Wildman–Crippen MR) is 133 cm³/mol. The number of aryl methyl sites for hydroxylation is 2. The monoisotopic (exact) mass is 500 g/mol. The van der Waals surface area contributed by atoms with Crippen molar-refractivity contribution in [3.05, 3.63) is 42.1 Å². The van der Waals surface area contributed by atoms with E-state index in [1.165, 1.54) is 15.6 Å². The molecule has 0 aliphatic carbocycles. The fourth-order valence-corrected chi connectivity index (χ4v) is 6.96. The van der Waals surface area contributed by atoms with E-state index in [0.29, 0.717) is 26.2 Å². The second kappa shape index (κ2) is 8.77. The average molecular weight is 501 g/mol. The zero-order valence-corrected chi connectivity index (χ0v) is 21.2. The van der Waals surface area contributed by atoms with Gasteiger partial charge in [-0.1, -0.05) is 0 Å². The van der Waals surface area contributed by atoms with E-state index >= 15 is 0 Å². The van der Waals surface area contributed by atoms with Crippen LogP contribution in [0.4, 0.5) is 10.8 Å². The van der Waals surface area contributed by atoms with Crippen LogP contribution in [0.15, 0.2) is 35.1 Å². The Morgan fingerprint density at radius 2 is 2.09 bits per heavy atom. The molecule has 4 aromatic rings. The van der Waals surface area contributed by atoms with Crippen molar-refractivity contribution in [2.24, 2.45) is 7.05 Å². The van der Waals surface area contributed by atoms with Gasteiger partial charge >= 0.3 is 0 Å². The van der Waals surface area contributed by atoms with E-state index in [4.69, 9.17) is 4.98 Å². The first kappa shape index (κ1) is 23.0. The molecule has 2 N–H and O–H groups in total. The third kappa shape index (κ3) is 4.11. The number of hydrogen-bond donors (Lipinski definition) is 2. The van der Waals surface area contributed by atoms with Crippen LogP contribution >= 0.6 is 11.3 Å². The van der Waals surface area contributed by atoms with Crippen molar-refractivity contribution in [3.63, 3.8) is 0 Å². The van der Waals surface area contributed by atoms with Crippen LogP contribution in [0.25, 0.3) is 16.9 Å². The quantitative estimate of drug-likeness (QED) is 0.419. The summed E-state index contributed by atoms with van der Waals surface area (Å²) in [5, 5.41) is 11.8. The highest BCUT2D eigenvalue weighted by Gasteiger charge is 2.25. The van der Waals surface area contributed by atoms with Gasteiger partial charge in [0.15, 0.2) is 11.5 Å². The second-order valence-corrected chi connectivity index (χ2v) is 12.2. The first-order chi connectivity index (χ1) is 16.2. The molecule has 1 aliphatic rings. The molecule has 34 heavy (non-hydrogen) atoms. The van der Waals surface area contributed by atoms with E-state index in [0.717, 1.165) is 42.9 Å². The molecular weight excluding hydrogens is 472 g/mol. The van der Waals surface area contributed by atoms with Gasteiger partial charge < -0.3 is 10.6 Å². The van der Waals surface area contributed by atoms with E-state index in [2.05, 4.69) is 26.9 Å². The Labute approximate surface area is 202 Å². The molecule has 10 nitrogen and oxygen atoms in total. The highest BCUT2D eigenvalue weighted by atomic mass is 32.2. The van der Waals surface area contributed by atoms with Gasteiger partial charge in [0.25, 0.3) is 10.0 Å². The summed E-state index contributed by atoms with van der Waals surface area (Å²) in [4.78, 5) is 9.62. The maximum Gasteiger partial charge on any atom is 0.252 e. The number of anilines is 2. The van der Waals surface area contributed by atoms with E-state index in [1.54, 1.807) is 25.7 Å². The third-order valence-electron chi connectivity index (χ3n) is 6.06. The highest BCUT2D eigenvalue weighted by molar-refractivity contribution is 7.91. The number of thiophene rings is 1. The number of nitrogens with zero attached hydrogens (tertiary/aromatic N) is 6. The van der Waals surface area contributed by atoms with Gasteiger partial charge in [0.2, 0.25) is 0 Å². The molecule has 0 radical (unpaired) electrons. The number of fused-ring (bicyclic) bond motifs is 1. The van der Waals surface area contributed by atoms with Crippen molar-refractivity contribution < 1.29 is 8.42 Å². The van der Waals surface area contributed by atoms with Crippen molar-refractivity contribution in [2.45, 2.75) is 29.9 Å². The summed E-state index contributed by atoms with van der Waals surface area (Å²) in [6.45, 7) is 3.70. The van der Waals surface area contributed by atoms with Gasteiger partial charge in [-0.3, -0.25) is 9.08 Å². The first-order valence-corrected chi connectivity index (χ1v) is 13.4. The Kier molecular flexibility index (Phi) is 5.92. The van der Waals surface area contributed by atoms with Crippen molar-refractivity contribution >= 4 is 37.8 Å². The fraction of sp³-hybridized carbons (Fsp3) is 0.409. The van der Waals surface area contributed by atoms with Gasteiger partial charge in [-0.15, -0.1) is 11.3 Å². The second-order valence-electron chi connectivity index (χ2n) is 8.79. The highest BCUT2D eigenvalue weighted by Crippen LogP contribution is 2.35. The van der Waals surface area contributed by atoms with Crippen molar-refractivity contribution in [2.75, 3.05) is 32.5 Å². The number of nitrogens with one attached hydrogen (secondary N) is 2. The van der Waals surface area contributed by atoms with Gasteiger partial charge in [-0.2, -0.15) is 5.10 Å². The van der Waals surface area contributed by atoms with Crippen LogP contribution in [0.3, 0.4) is 0 Å². The Bertz CT molecular complexity index is 1440. The SMILES string of the molecule is Cc1cc(Nc2nc([C@H]3CCCNC3)cn3c(-c4cnn(C)c4)cnc23)sc1S(=O)(=O)N(C)C. The molecule has 1 saturated heterocycles. The molecule has 1 aliphatic heterocycles. The third-order valence-corrected chi connectivity index (χ3v) is 9.64. The number of hydrogen-bond acceptors (Lipinski definition) is 8. The Morgan fingerprint density at radius 3 is 2.76 bits per heavy atom. The molecule has 1 atom stereocenters. The van der Waals surface area contributed by atoms with E-state index in [1.807, 2.05) is 36.1 Å². The molecule has 180 valence electrons. The lowest BCUT2D eigenvalue weighted by Gasteiger charge is -2.23. The largest absolute Gasteiger partial charge is 0.329 e. The summed E-state index contributed by atoms with van der Waals surface area (Å²) < 4.78 is 30.8. The maximum atomic E-state index is 12.7. The zero-order chi connectivity index (χ0) is 24.0. The van der Waals surface area contributed by atoms with Gasteiger partial charge in [0.05, 0.1) is 28.8 Å². The predicted octanol–water partition coefficient (Wildman–Crippen LogP) is 2.96. The van der Waals surface area contributed by atoms with Crippen molar-refractivity contribution in [3.8, 4) is 11.3 Å². The lowest BCUT2D eigenvalue weighted by atomic mass is 9.96. The van der Waals surface area contributed by atoms with Crippen molar-refractivity contribution in [1.29, 1.82) is 0 Å². The minimum absolute atomic E-state index is 0.289. The molecule has 0 aromatic carbocycles. The Hall–Kier alpha value is -2.80. The molecule has 12 heteroatoms. The van der Waals surface area contributed by atoms with E-state index in [-0.39, 0.29) is 5.92 Å². The number of piperidine rings is 1. The first-order valence-electron chi connectivity index (χ1n) is 11.1. The molecule has 5 rings (SSSR count). The minimum atomic E-state index is -3.52. The molecular formula is C22H28N8O2S2. The van der Waals surface area contributed by atoms with Crippen LogP contribution in [0.1, 0.15) is 30.0 Å². The Balaban J connectivity index is 1.61. The topological polar surface area (TPSA) is 109 Å². The summed E-state index contributed by atoms with van der Waals surface area (Å²) in [5.74, 6) is 0.894. The lowest BCUT2D eigenvalue weighted by molar-refractivity contribution is 0.454.